The zero-order valence-corrected chi connectivity index (χ0v) is 6.54. The first-order chi connectivity index (χ1) is 5.33. The van der Waals surface area contributed by atoms with Gasteiger partial charge >= 0.3 is 0 Å². The number of anilines is 1. The van der Waals surface area contributed by atoms with Crippen molar-refractivity contribution < 1.29 is 0 Å². The highest BCUT2D eigenvalue weighted by molar-refractivity contribution is 5.63. The monoisotopic (exact) mass is 149 g/mol. The molecule has 0 aliphatic rings. The Bertz CT molecular complexity index is 273. The molecule has 0 saturated carbocycles. The number of rotatable bonds is 3. The standard InChI is InChI=1S/C8H11N3/c1-4-8-7(9-2)5-6-11(8)10-3/h4-6,9H,1,3H2,2H3. The average molecular weight is 149 g/mol. The number of hydrogen-bond acceptors (Lipinski definition) is 2. The molecule has 0 aliphatic heterocycles. The molecule has 0 radical (unpaired) electrons. The molecule has 1 aromatic rings. The van der Waals surface area contributed by atoms with Crippen LogP contribution in [0, 0.1) is 0 Å². The summed E-state index contributed by atoms with van der Waals surface area (Å²) in [5, 5.41) is 6.79. The molecule has 3 nitrogen and oxygen atoms in total. The van der Waals surface area contributed by atoms with E-state index in [-0.39, 0.29) is 0 Å². The van der Waals surface area contributed by atoms with Crippen molar-refractivity contribution in [3.8, 4) is 0 Å². The zero-order valence-electron chi connectivity index (χ0n) is 6.54. The van der Waals surface area contributed by atoms with Crippen molar-refractivity contribution in [2.24, 2.45) is 5.10 Å². The van der Waals surface area contributed by atoms with Gasteiger partial charge in [-0.15, -0.1) is 0 Å². The van der Waals surface area contributed by atoms with Crippen molar-refractivity contribution in [2.75, 3.05) is 12.4 Å². The minimum atomic E-state index is 0.933. The van der Waals surface area contributed by atoms with E-state index in [1.165, 1.54) is 0 Å². The quantitative estimate of drug-likeness (QED) is 0.650. The van der Waals surface area contributed by atoms with Gasteiger partial charge in [0.2, 0.25) is 0 Å². The maximum absolute atomic E-state index is 3.77. The molecular weight excluding hydrogens is 138 g/mol. The Morgan fingerprint density at radius 1 is 1.73 bits per heavy atom. The van der Waals surface area contributed by atoms with Gasteiger partial charge in [-0.3, -0.25) is 0 Å². The molecule has 58 valence electrons. The molecule has 0 aliphatic carbocycles. The van der Waals surface area contributed by atoms with Crippen LogP contribution in [-0.2, 0) is 0 Å². The molecule has 1 rings (SSSR count). The number of nitrogens with zero attached hydrogens (tertiary/aromatic N) is 2. The summed E-state index contributed by atoms with van der Waals surface area (Å²) in [5.41, 5.74) is 1.94. The van der Waals surface area contributed by atoms with Crippen LogP contribution in [0.25, 0.3) is 6.08 Å². The molecule has 0 bridgehead atoms. The summed E-state index contributed by atoms with van der Waals surface area (Å²) in [5.74, 6) is 0. The van der Waals surface area contributed by atoms with Gasteiger partial charge in [-0.05, 0) is 12.1 Å². The SMILES string of the molecule is C=Cc1c(NC)ccn1N=C. The second kappa shape index (κ2) is 3.05. The predicted molar refractivity (Wildman–Crippen MR) is 49.0 cm³/mol. The van der Waals surface area contributed by atoms with E-state index in [2.05, 4.69) is 23.7 Å². The molecule has 3 heteroatoms. The van der Waals surface area contributed by atoms with E-state index in [0.29, 0.717) is 0 Å². The predicted octanol–water partition coefficient (Wildman–Crippen LogP) is 1.64. The highest BCUT2D eigenvalue weighted by atomic mass is 15.3. The van der Waals surface area contributed by atoms with Gasteiger partial charge in [0.05, 0.1) is 11.4 Å². The Kier molecular flexibility index (Phi) is 2.11. The van der Waals surface area contributed by atoms with Crippen LogP contribution < -0.4 is 5.32 Å². The third-order valence-corrected chi connectivity index (χ3v) is 1.52. The third kappa shape index (κ3) is 1.17. The fraction of sp³-hybridized carbons (Fsp3) is 0.125. The molecule has 0 aromatic carbocycles. The van der Waals surface area contributed by atoms with E-state index < -0.39 is 0 Å². The largest absolute Gasteiger partial charge is 0.386 e. The lowest BCUT2D eigenvalue weighted by Crippen LogP contribution is -1.92. The van der Waals surface area contributed by atoms with Gasteiger partial charge in [0.1, 0.15) is 0 Å². The molecule has 1 aromatic heterocycles. The van der Waals surface area contributed by atoms with E-state index in [4.69, 9.17) is 0 Å². The molecule has 0 spiro atoms. The van der Waals surface area contributed by atoms with Crippen LogP contribution >= 0.6 is 0 Å². The summed E-state index contributed by atoms with van der Waals surface area (Å²) < 4.78 is 1.67. The van der Waals surface area contributed by atoms with Gasteiger partial charge in [-0.1, -0.05) is 6.58 Å². The second-order valence-electron chi connectivity index (χ2n) is 2.05. The van der Waals surface area contributed by atoms with Gasteiger partial charge in [0.25, 0.3) is 0 Å². The van der Waals surface area contributed by atoms with Crippen molar-refractivity contribution in [3.05, 3.63) is 24.5 Å². The Balaban J connectivity index is 3.18. The fourth-order valence-corrected chi connectivity index (χ4v) is 0.972. The molecule has 0 atom stereocenters. The topological polar surface area (TPSA) is 29.3 Å². The summed E-state index contributed by atoms with van der Waals surface area (Å²) in [7, 11) is 1.86. The smallest absolute Gasteiger partial charge is 0.0871 e. The third-order valence-electron chi connectivity index (χ3n) is 1.52. The van der Waals surface area contributed by atoms with Crippen LogP contribution in [0.15, 0.2) is 23.9 Å². The van der Waals surface area contributed by atoms with Gasteiger partial charge in [-0.2, -0.15) is 5.10 Å². The van der Waals surface area contributed by atoms with Crippen LogP contribution in [0.2, 0.25) is 0 Å². The molecule has 11 heavy (non-hydrogen) atoms. The van der Waals surface area contributed by atoms with Crippen molar-refractivity contribution >= 4 is 18.5 Å². The Labute approximate surface area is 66.0 Å². The first-order valence-corrected chi connectivity index (χ1v) is 3.32. The van der Waals surface area contributed by atoms with Gasteiger partial charge in [-0.25, -0.2) is 4.68 Å². The lowest BCUT2D eigenvalue weighted by Gasteiger charge is -1.99. The van der Waals surface area contributed by atoms with Crippen molar-refractivity contribution in [3.63, 3.8) is 0 Å². The average Bonchev–Trinajstić information content (AvgIpc) is 2.45. The van der Waals surface area contributed by atoms with Gasteiger partial charge in [0, 0.05) is 20.0 Å². The van der Waals surface area contributed by atoms with Gasteiger partial charge in [0.15, 0.2) is 0 Å². The van der Waals surface area contributed by atoms with Crippen LogP contribution in [0.5, 0.6) is 0 Å². The number of aromatic nitrogens is 1. The van der Waals surface area contributed by atoms with E-state index in [1.807, 2.05) is 19.3 Å². The molecule has 1 N–H and O–H groups in total. The zero-order chi connectivity index (χ0) is 8.27. The molecular formula is C8H11N3. The van der Waals surface area contributed by atoms with Crippen molar-refractivity contribution in [2.45, 2.75) is 0 Å². The van der Waals surface area contributed by atoms with E-state index >= 15 is 0 Å². The number of hydrogen-bond donors (Lipinski definition) is 1. The lowest BCUT2D eigenvalue weighted by molar-refractivity contribution is 0.888. The van der Waals surface area contributed by atoms with E-state index in [0.717, 1.165) is 11.4 Å². The maximum atomic E-state index is 3.77. The highest BCUT2D eigenvalue weighted by Crippen LogP contribution is 2.16. The fourth-order valence-electron chi connectivity index (χ4n) is 0.972. The van der Waals surface area contributed by atoms with Gasteiger partial charge < -0.3 is 5.32 Å². The molecule has 0 amide bonds. The normalized spacial score (nSPS) is 9.18. The Morgan fingerprint density at radius 2 is 2.45 bits per heavy atom. The van der Waals surface area contributed by atoms with Crippen LogP contribution in [0.3, 0.4) is 0 Å². The lowest BCUT2D eigenvalue weighted by atomic mass is 10.3. The summed E-state index contributed by atoms with van der Waals surface area (Å²) in [4.78, 5) is 0. The first kappa shape index (κ1) is 7.60. The molecule has 0 unspecified atom stereocenters. The molecule has 0 saturated heterocycles. The first-order valence-electron chi connectivity index (χ1n) is 3.32. The summed E-state index contributed by atoms with van der Waals surface area (Å²) in [6, 6.07) is 1.92. The Morgan fingerprint density at radius 3 is 2.91 bits per heavy atom. The molecule has 0 fully saturated rings. The van der Waals surface area contributed by atoms with Crippen LogP contribution in [0.1, 0.15) is 5.69 Å². The van der Waals surface area contributed by atoms with Crippen LogP contribution in [-0.4, -0.2) is 18.4 Å². The summed E-state index contributed by atoms with van der Waals surface area (Å²) in [6.45, 7) is 7.10. The van der Waals surface area contributed by atoms with E-state index in [1.54, 1.807) is 10.8 Å². The highest BCUT2D eigenvalue weighted by Gasteiger charge is 2.01. The summed E-state index contributed by atoms with van der Waals surface area (Å²) in [6.07, 6.45) is 3.57. The van der Waals surface area contributed by atoms with E-state index in [9.17, 15) is 0 Å². The molecule has 1 heterocycles. The van der Waals surface area contributed by atoms with Crippen molar-refractivity contribution in [1.82, 2.24) is 4.68 Å². The van der Waals surface area contributed by atoms with Crippen molar-refractivity contribution in [1.29, 1.82) is 0 Å². The maximum Gasteiger partial charge on any atom is 0.0871 e. The second-order valence-corrected chi connectivity index (χ2v) is 2.05. The number of nitrogens with one attached hydrogen (secondary N) is 1. The Hall–Kier alpha value is -1.51. The minimum absolute atomic E-state index is 0.933. The summed E-state index contributed by atoms with van der Waals surface area (Å²) >= 11 is 0. The van der Waals surface area contributed by atoms with Crippen LogP contribution in [0.4, 0.5) is 5.69 Å². The minimum Gasteiger partial charge on any atom is -0.386 e.